The van der Waals surface area contributed by atoms with Crippen LogP contribution in [0.1, 0.15) is 24.2 Å². The summed E-state index contributed by atoms with van der Waals surface area (Å²) in [5.41, 5.74) is 5.98. The van der Waals surface area contributed by atoms with Crippen molar-refractivity contribution in [3.8, 4) is 0 Å². The number of rotatable bonds is 5. The SMILES string of the molecule is C[C@@H](O)[C@H]1C(=O)N2C(C(=O)[O-])=C(C[n+]3ccc(C(N)=O)cc3)[C@H](C)[C@H]12. The van der Waals surface area contributed by atoms with E-state index in [1.807, 2.05) is 6.92 Å². The number of amides is 2. The summed E-state index contributed by atoms with van der Waals surface area (Å²) in [5.74, 6) is -3.19. The Balaban J connectivity index is 1.93. The largest absolute Gasteiger partial charge is 0.543 e. The van der Waals surface area contributed by atoms with Gasteiger partial charge in [-0.05, 0) is 6.92 Å². The molecule has 0 unspecified atom stereocenters. The first-order chi connectivity index (χ1) is 11.7. The molecule has 3 rings (SSSR count). The number of carboxylic acid groups (broad SMARTS) is 1. The van der Waals surface area contributed by atoms with Gasteiger partial charge in [0.15, 0.2) is 18.9 Å². The number of nitrogens with two attached hydrogens (primary N) is 1. The molecule has 3 N–H and O–H groups in total. The maximum absolute atomic E-state index is 12.2. The molecule has 2 aliphatic rings. The van der Waals surface area contributed by atoms with E-state index in [1.54, 1.807) is 29.1 Å². The number of carbonyl (C=O) groups excluding carboxylic acids is 3. The Labute approximate surface area is 144 Å². The van der Waals surface area contributed by atoms with Crippen LogP contribution in [0.3, 0.4) is 0 Å². The Kier molecular flexibility index (Phi) is 4.08. The van der Waals surface area contributed by atoms with Gasteiger partial charge in [0.2, 0.25) is 11.8 Å². The van der Waals surface area contributed by atoms with Crippen LogP contribution in [0.4, 0.5) is 0 Å². The summed E-state index contributed by atoms with van der Waals surface area (Å²) in [7, 11) is 0. The van der Waals surface area contributed by atoms with Crippen LogP contribution in [-0.2, 0) is 16.1 Å². The highest BCUT2D eigenvalue weighted by Crippen LogP contribution is 2.46. The number of aliphatic hydroxyl groups is 1. The lowest BCUT2D eigenvalue weighted by Crippen LogP contribution is -2.64. The van der Waals surface area contributed by atoms with Gasteiger partial charge >= 0.3 is 0 Å². The number of nitrogens with zero attached hydrogens (tertiary/aromatic N) is 2. The van der Waals surface area contributed by atoms with E-state index in [0.29, 0.717) is 11.1 Å². The van der Waals surface area contributed by atoms with E-state index >= 15 is 0 Å². The molecule has 0 aromatic carbocycles. The minimum atomic E-state index is -1.41. The van der Waals surface area contributed by atoms with E-state index in [9.17, 15) is 24.6 Å². The molecule has 1 fully saturated rings. The lowest BCUT2D eigenvalue weighted by Gasteiger charge is -2.47. The standard InChI is InChI=1S/C17H19N3O5/c1-8-11(7-19-5-3-10(4-6-19)15(18)22)14(17(24)25)20-13(8)12(9(2)21)16(20)23/h3-6,8-9,12-13,21H,7H2,1-2H3,(H2-,18,22,24,25)/t8-,9+,12+,13+/m0/s1. The molecular formula is C17H19N3O5. The fourth-order valence-corrected chi connectivity index (χ4v) is 3.77. The smallest absolute Gasteiger partial charge is 0.249 e. The number of carbonyl (C=O) groups is 3. The summed E-state index contributed by atoms with van der Waals surface area (Å²) < 4.78 is 1.70. The predicted octanol–water partition coefficient (Wildman–Crippen LogP) is -2.07. The van der Waals surface area contributed by atoms with Crippen molar-refractivity contribution in [3.05, 3.63) is 41.4 Å². The van der Waals surface area contributed by atoms with Crippen molar-refractivity contribution in [3.63, 3.8) is 0 Å². The van der Waals surface area contributed by atoms with Gasteiger partial charge in [-0.25, -0.2) is 4.57 Å². The second-order valence-corrected chi connectivity index (χ2v) is 6.54. The van der Waals surface area contributed by atoms with Crippen molar-refractivity contribution >= 4 is 17.8 Å². The van der Waals surface area contributed by atoms with Crippen LogP contribution in [0.15, 0.2) is 35.8 Å². The van der Waals surface area contributed by atoms with E-state index in [1.165, 1.54) is 11.8 Å². The molecule has 2 aliphatic heterocycles. The van der Waals surface area contributed by atoms with Crippen LogP contribution in [0, 0.1) is 11.8 Å². The molecule has 132 valence electrons. The molecule has 0 saturated carbocycles. The third-order valence-corrected chi connectivity index (χ3v) is 5.04. The molecule has 0 bridgehead atoms. The number of aliphatic carboxylic acids is 1. The van der Waals surface area contributed by atoms with Crippen LogP contribution >= 0.6 is 0 Å². The molecule has 0 radical (unpaired) electrons. The number of primary amides is 1. The maximum atomic E-state index is 12.2. The maximum Gasteiger partial charge on any atom is 0.249 e. The van der Waals surface area contributed by atoms with Crippen LogP contribution in [0.2, 0.25) is 0 Å². The van der Waals surface area contributed by atoms with E-state index < -0.39 is 29.8 Å². The normalized spacial score (nSPS) is 26.3. The summed E-state index contributed by atoms with van der Waals surface area (Å²) in [5, 5.41) is 21.4. The number of fused-ring (bicyclic) bond motifs is 1. The van der Waals surface area contributed by atoms with Crippen LogP contribution < -0.4 is 15.4 Å². The molecule has 1 saturated heterocycles. The minimum absolute atomic E-state index is 0.120. The van der Waals surface area contributed by atoms with Gasteiger partial charge in [-0.1, -0.05) is 6.92 Å². The second kappa shape index (κ2) is 5.96. The van der Waals surface area contributed by atoms with Crippen LogP contribution in [-0.4, -0.2) is 39.9 Å². The number of carboxylic acids is 1. The molecule has 0 spiro atoms. The van der Waals surface area contributed by atoms with E-state index in [2.05, 4.69) is 0 Å². The quantitative estimate of drug-likeness (QED) is 0.468. The fourth-order valence-electron chi connectivity index (χ4n) is 3.77. The highest BCUT2D eigenvalue weighted by molar-refractivity contribution is 5.99. The Morgan fingerprint density at radius 2 is 2.00 bits per heavy atom. The van der Waals surface area contributed by atoms with Gasteiger partial charge in [-0.2, -0.15) is 0 Å². The molecular weight excluding hydrogens is 326 g/mol. The lowest BCUT2D eigenvalue weighted by molar-refractivity contribution is -0.689. The molecule has 1 aromatic rings. The molecule has 25 heavy (non-hydrogen) atoms. The predicted molar refractivity (Wildman–Crippen MR) is 82.2 cm³/mol. The van der Waals surface area contributed by atoms with Gasteiger partial charge in [0.05, 0.1) is 35.3 Å². The minimum Gasteiger partial charge on any atom is -0.543 e. The van der Waals surface area contributed by atoms with Gasteiger partial charge in [-0.3, -0.25) is 9.59 Å². The molecule has 0 aliphatic carbocycles. The van der Waals surface area contributed by atoms with Gasteiger partial charge < -0.3 is 25.6 Å². The molecule has 4 atom stereocenters. The average molecular weight is 345 g/mol. The first-order valence-electron chi connectivity index (χ1n) is 7.98. The first-order valence-corrected chi connectivity index (χ1v) is 7.98. The molecule has 3 heterocycles. The summed E-state index contributed by atoms with van der Waals surface area (Å²) in [6.07, 6.45) is 2.40. The number of β-lactam (4-membered cyclic amide) rings is 1. The first kappa shape index (κ1) is 17.1. The van der Waals surface area contributed by atoms with Gasteiger partial charge in [0.1, 0.15) is 0 Å². The zero-order valence-corrected chi connectivity index (χ0v) is 13.9. The third-order valence-electron chi connectivity index (χ3n) is 5.04. The van der Waals surface area contributed by atoms with Crippen molar-refractivity contribution in [2.24, 2.45) is 17.6 Å². The monoisotopic (exact) mass is 345 g/mol. The Hall–Kier alpha value is -2.74. The van der Waals surface area contributed by atoms with Gasteiger partial charge in [-0.15, -0.1) is 0 Å². The van der Waals surface area contributed by atoms with Crippen molar-refractivity contribution in [2.75, 3.05) is 0 Å². The number of aromatic nitrogens is 1. The third kappa shape index (κ3) is 2.58. The van der Waals surface area contributed by atoms with E-state index in [-0.39, 0.29) is 24.2 Å². The van der Waals surface area contributed by atoms with Crippen molar-refractivity contribution in [1.82, 2.24) is 4.90 Å². The highest BCUT2D eigenvalue weighted by atomic mass is 16.4. The van der Waals surface area contributed by atoms with Crippen molar-refractivity contribution in [2.45, 2.75) is 32.5 Å². The lowest BCUT2D eigenvalue weighted by atomic mass is 9.78. The summed E-state index contributed by atoms with van der Waals surface area (Å²) in [4.78, 5) is 36.2. The average Bonchev–Trinajstić information content (AvgIpc) is 2.77. The van der Waals surface area contributed by atoms with E-state index in [0.717, 1.165) is 0 Å². The zero-order chi connectivity index (χ0) is 18.5. The number of hydrogen-bond donors (Lipinski definition) is 2. The highest BCUT2D eigenvalue weighted by Gasteiger charge is 2.58. The Morgan fingerprint density at radius 3 is 2.48 bits per heavy atom. The van der Waals surface area contributed by atoms with Crippen molar-refractivity contribution < 1.29 is 29.2 Å². The molecule has 2 amide bonds. The fraction of sp³-hybridized carbons (Fsp3) is 0.412. The summed E-state index contributed by atoms with van der Waals surface area (Å²) in [6.45, 7) is 3.60. The summed E-state index contributed by atoms with van der Waals surface area (Å²) >= 11 is 0. The van der Waals surface area contributed by atoms with Crippen LogP contribution in [0.5, 0.6) is 0 Å². The molecule has 8 nitrogen and oxygen atoms in total. The Morgan fingerprint density at radius 1 is 1.40 bits per heavy atom. The number of pyridine rings is 1. The summed E-state index contributed by atoms with van der Waals surface area (Å²) in [6, 6.07) is 2.71. The van der Waals surface area contributed by atoms with Crippen molar-refractivity contribution in [1.29, 1.82) is 0 Å². The molecule has 8 heteroatoms. The number of aliphatic hydroxyl groups excluding tert-OH is 1. The topological polar surface area (TPSA) is 128 Å². The van der Waals surface area contributed by atoms with Crippen LogP contribution in [0.25, 0.3) is 0 Å². The van der Waals surface area contributed by atoms with Gasteiger partial charge in [0.25, 0.3) is 0 Å². The number of hydrogen-bond acceptors (Lipinski definition) is 5. The Bertz CT molecular complexity index is 784. The molecule has 1 aromatic heterocycles. The zero-order valence-electron chi connectivity index (χ0n) is 13.9. The van der Waals surface area contributed by atoms with Gasteiger partial charge in [0, 0.05) is 23.6 Å². The van der Waals surface area contributed by atoms with E-state index in [4.69, 9.17) is 5.73 Å². The second-order valence-electron chi connectivity index (χ2n) is 6.54.